The van der Waals surface area contributed by atoms with Gasteiger partial charge in [0.1, 0.15) is 0 Å². The summed E-state index contributed by atoms with van der Waals surface area (Å²) in [4.78, 5) is 0. The van der Waals surface area contributed by atoms with Gasteiger partial charge < -0.3 is 10.1 Å². The van der Waals surface area contributed by atoms with Crippen molar-refractivity contribution in [3.63, 3.8) is 0 Å². The summed E-state index contributed by atoms with van der Waals surface area (Å²) < 4.78 is 43.9. The molecule has 0 radical (unpaired) electrons. The zero-order valence-corrected chi connectivity index (χ0v) is 11.4. The summed E-state index contributed by atoms with van der Waals surface area (Å²) in [6, 6.07) is 5.21. The Balaban J connectivity index is 2.68. The standard InChI is InChI=1S/C14H17F3N2O/c1-10(2)20-7-3-6-19-13-5-4-11(9-18)8-12(13)14(15,16)17/h4-5,8,10,19H,3,6-7H2,1-2H3. The van der Waals surface area contributed by atoms with E-state index in [-0.39, 0.29) is 17.4 Å². The van der Waals surface area contributed by atoms with Gasteiger partial charge >= 0.3 is 6.18 Å². The van der Waals surface area contributed by atoms with Crippen LogP contribution in [0.4, 0.5) is 18.9 Å². The van der Waals surface area contributed by atoms with E-state index in [0.717, 1.165) is 6.07 Å². The SMILES string of the molecule is CC(C)OCCCNc1ccc(C#N)cc1C(F)(F)F. The predicted octanol–water partition coefficient (Wildman–Crippen LogP) is 3.80. The maximum absolute atomic E-state index is 12.9. The molecule has 0 heterocycles. The highest BCUT2D eigenvalue weighted by molar-refractivity contribution is 5.56. The van der Waals surface area contributed by atoms with Gasteiger partial charge in [-0.25, -0.2) is 0 Å². The molecule has 1 rings (SSSR count). The number of nitrogens with one attached hydrogen (secondary N) is 1. The second kappa shape index (κ2) is 7.15. The number of anilines is 1. The number of halogens is 3. The summed E-state index contributed by atoms with van der Waals surface area (Å²) in [5, 5.41) is 11.4. The Morgan fingerprint density at radius 1 is 1.35 bits per heavy atom. The lowest BCUT2D eigenvalue weighted by Crippen LogP contribution is -2.14. The van der Waals surface area contributed by atoms with Crippen LogP contribution < -0.4 is 5.32 Å². The average molecular weight is 286 g/mol. The van der Waals surface area contributed by atoms with Crippen LogP contribution in [-0.4, -0.2) is 19.3 Å². The zero-order chi connectivity index (χ0) is 15.2. The van der Waals surface area contributed by atoms with E-state index in [1.54, 1.807) is 6.07 Å². The summed E-state index contributed by atoms with van der Waals surface area (Å²) >= 11 is 0. The molecule has 1 aromatic carbocycles. The number of hydrogen-bond donors (Lipinski definition) is 1. The number of ether oxygens (including phenoxy) is 1. The van der Waals surface area contributed by atoms with Crippen molar-refractivity contribution in [3.05, 3.63) is 29.3 Å². The van der Waals surface area contributed by atoms with Gasteiger partial charge in [-0.05, 0) is 38.5 Å². The Bertz CT molecular complexity index is 478. The lowest BCUT2D eigenvalue weighted by atomic mass is 10.1. The fourth-order valence-electron chi connectivity index (χ4n) is 1.62. The number of rotatable bonds is 6. The van der Waals surface area contributed by atoms with Crippen molar-refractivity contribution in [1.82, 2.24) is 0 Å². The Labute approximate surface area is 116 Å². The summed E-state index contributed by atoms with van der Waals surface area (Å²) in [6.07, 6.45) is -3.77. The lowest BCUT2D eigenvalue weighted by molar-refractivity contribution is -0.137. The third-order valence-corrected chi connectivity index (χ3v) is 2.54. The van der Waals surface area contributed by atoms with Gasteiger partial charge in [0.2, 0.25) is 0 Å². The Hall–Kier alpha value is -1.74. The molecule has 0 saturated heterocycles. The monoisotopic (exact) mass is 286 g/mol. The minimum absolute atomic E-state index is 0.00832. The molecule has 0 unspecified atom stereocenters. The van der Waals surface area contributed by atoms with Crippen molar-refractivity contribution >= 4 is 5.69 Å². The van der Waals surface area contributed by atoms with Gasteiger partial charge in [-0.15, -0.1) is 0 Å². The molecule has 0 aliphatic carbocycles. The molecule has 0 amide bonds. The third kappa shape index (κ3) is 5.10. The topological polar surface area (TPSA) is 45.0 Å². The zero-order valence-electron chi connectivity index (χ0n) is 11.4. The van der Waals surface area contributed by atoms with E-state index in [4.69, 9.17) is 10.00 Å². The van der Waals surface area contributed by atoms with Crippen LogP contribution in [0.1, 0.15) is 31.4 Å². The van der Waals surface area contributed by atoms with E-state index in [1.807, 2.05) is 13.8 Å². The first kappa shape index (κ1) is 16.3. The van der Waals surface area contributed by atoms with Crippen molar-refractivity contribution in [2.75, 3.05) is 18.5 Å². The molecular formula is C14H17F3N2O. The van der Waals surface area contributed by atoms with Crippen molar-refractivity contribution in [2.45, 2.75) is 32.5 Å². The van der Waals surface area contributed by atoms with Crippen LogP contribution in [0.25, 0.3) is 0 Å². The second-order valence-electron chi connectivity index (χ2n) is 4.57. The van der Waals surface area contributed by atoms with Gasteiger partial charge in [0.05, 0.1) is 23.3 Å². The molecule has 20 heavy (non-hydrogen) atoms. The minimum atomic E-state index is -4.48. The second-order valence-corrected chi connectivity index (χ2v) is 4.57. The van der Waals surface area contributed by atoms with Gasteiger partial charge in [0, 0.05) is 18.8 Å². The number of alkyl halides is 3. The first-order valence-electron chi connectivity index (χ1n) is 6.31. The molecule has 1 N–H and O–H groups in total. The summed E-state index contributed by atoms with van der Waals surface area (Å²) in [5.41, 5.74) is -0.839. The Morgan fingerprint density at radius 3 is 2.60 bits per heavy atom. The molecular weight excluding hydrogens is 269 g/mol. The van der Waals surface area contributed by atoms with Gasteiger partial charge in [-0.3, -0.25) is 0 Å². The highest BCUT2D eigenvalue weighted by atomic mass is 19.4. The van der Waals surface area contributed by atoms with Crippen LogP contribution >= 0.6 is 0 Å². The predicted molar refractivity (Wildman–Crippen MR) is 70.4 cm³/mol. The summed E-state index contributed by atoms with van der Waals surface area (Å²) in [6.45, 7) is 4.66. The van der Waals surface area contributed by atoms with Crippen molar-refractivity contribution in [1.29, 1.82) is 5.26 Å². The Morgan fingerprint density at radius 2 is 2.05 bits per heavy atom. The largest absolute Gasteiger partial charge is 0.418 e. The maximum Gasteiger partial charge on any atom is 0.418 e. The van der Waals surface area contributed by atoms with Crippen LogP contribution in [0.3, 0.4) is 0 Å². The number of hydrogen-bond acceptors (Lipinski definition) is 3. The minimum Gasteiger partial charge on any atom is -0.384 e. The van der Waals surface area contributed by atoms with Crippen LogP contribution in [0.5, 0.6) is 0 Å². The van der Waals surface area contributed by atoms with Gasteiger partial charge in [0.15, 0.2) is 0 Å². The molecule has 0 aliphatic heterocycles. The lowest BCUT2D eigenvalue weighted by Gasteiger charge is -2.15. The van der Waals surface area contributed by atoms with Crippen molar-refractivity contribution in [3.8, 4) is 6.07 Å². The van der Waals surface area contributed by atoms with Gasteiger partial charge in [-0.1, -0.05) is 0 Å². The van der Waals surface area contributed by atoms with E-state index >= 15 is 0 Å². The average Bonchev–Trinajstić information content (AvgIpc) is 2.37. The summed E-state index contributed by atoms with van der Waals surface area (Å²) in [7, 11) is 0. The normalized spacial score (nSPS) is 11.4. The third-order valence-electron chi connectivity index (χ3n) is 2.54. The van der Waals surface area contributed by atoms with Crippen molar-refractivity contribution in [2.24, 2.45) is 0 Å². The van der Waals surface area contributed by atoms with E-state index in [2.05, 4.69) is 5.32 Å². The van der Waals surface area contributed by atoms with Crippen LogP contribution in [0, 0.1) is 11.3 Å². The first-order chi connectivity index (χ1) is 9.34. The van der Waals surface area contributed by atoms with E-state index < -0.39 is 11.7 Å². The molecule has 3 nitrogen and oxygen atoms in total. The van der Waals surface area contributed by atoms with Crippen LogP contribution in [-0.2, 0) is 10.9 Å². The highest BCUT2D eigenvalue weighted by Gasteiger charge is 2.33. The maximum atomic E-state index is 12.9. The molecule has 0 saturated carbocycles. The van der Waals surface area contributed by atoms with Crippen LogP contribution in [0.2, 0.25) is 0 Å². The molecule has 0 aliphatic rings. The molecule has 6 heteroatoms. The number of nitriles is 1. The number of nitrogens with zero attached hydrogens (tertiary/aromatic N) is 1. The smallest absolute Gasteiger partial charge is 0.384 e. The molecule has 0 fully saturated rings. The molecule has 0 aromatic heterocycles. The first-order valence-corrected chi connectivity index (χ1v) is 6.31. The molecule has 110 valence electrons. The van der Waals surface area contributed by atoms with E-state index in [0.29, 0.717) is 19.6 Å². The molecule has 1 aromatic rings. The van der Waals surface area contributed by atoms with Crippen molar-refractivity contribution < 1.29 is 17.9 Å². The quantitative estimate of drug-likeness (QED) is 0.809. The van der Waals surface area contributed by atoms with Gasteiger partial charge in [0.25, 0.3) is 0 Å². The molecule has 0 spiro atoms. The molecule has 0 atom stereocenters. The fourth-order valence-corrected chi connectivity index (χ4v) is 1.62. The van der Waals surface area contributed by atoms with Crippen LogP contribution in [0.15, 0.2) is 18.2 Å². The number of benzene rings is 1. The Kier molecular flexibility index (Phi) is 5.83. The van der Waals surface area contributed by atoms with Gasteiger partial charge in [-0.2, -0.15) is 18.4 Å². The highest BCUT2D eigenvalue weighted by Crippen LogP contribution is 2.35. The van der Waals surface area contributed by atoms with E-state index in [1.165, 1.54) is 12.1 Å². The van der Waals surface area contributed by atoms with E-state index in [9.17, 15) is 13.2 Å². The fraction of sp³-hybridized carbons (Fsp3) is 0.500. The molecule has 0 bridgehead atoms. The summed E-state index contributed by atoms with van der Waals surface area (Å²) in [5.74, 6) is 0.